The van der Waals surface area contributed by atoms with E-state index in [4.69, 9.17) is 6.42 Å². The van der Waals surface area contributed by atoms with Gasteiger partial charge in [0.2, 0.25) is 0 Å². The molecule has 2 nitrogen and oxygen atoms in total. The van der Waals surface area contributed by atoms with E-state index in [0.29, 0.717) is 6.04 Å². The highest BCUT2D eigenvalue weighted by molar-refractivity contribution is 7.17. The van der Waals surface area contributed by atoms with Crippen LogP contribution in [0.1, 0.15) is 12.8 Å². The lowest BCUT2D eigenvalue weighted by atomic mass is 10.0. The van der Waals surface area contributed by atoms with Gasteiger partial charge in [0.15, 0.2) is 0 Å². The monoisotopic (exact) mass is 270 g/mol. The first kappa shape index (κ1) is 12.5. The standard InChI is InChI=1S/C16H18N2S/c1-2-8-18-9-5-14(6-10-18)17-15-3-4-16-13(12-15)7-11-19-16/h1,3-4,7,11-12,14,17H,5-6,8-10H2. The van der Waals surface area contributed by atoms with Crippen LogP contribution in [0.25, 0.3) is 10.1 Å². The molecule has 2 heterocycles. The fourth-order valence-corrected chi connectivity index (χ4v) is 3.43. The van der Waals surface area contributed by atoms with Crippen molar-refractivity contribution < 1.29 is 0 Å². The van der Waals surface area contributed by atoms with Crippen molar-refractivity contribution in [3.63, 3.8) is 0 Å². The zero-order valence-electron chi connectivity index (χ0n) is 10.9. The molecule has 1 saturated heterocycles. The van der Waals surface area contributed by atoms with E-state index in [1.807, 2.05) is 0 Å². The minimum Gasteiger partial charge on any atom is -0.382 e. The van der Waals surface area contributed by atoms with Crippen molar-refractivity contribution in [3.05, 3.63) is 29.6 Å². The predicted molar refractivity (Wildman–Crippen MR) is 83.7 cm³/mol. The Kier molecular flexibility index (Phi) is 3.72. The summed E-state index contributed by atoms with van der Waals surface area (Å²) < 4.78 is 1.36. The Balaban J connectivity index is 1.61. The summed E-state index contributed by atoms with van der Waals surface area (Å²) in [5.41, 5.74) is 1.24. The average molecular weight is 270 g/mol. The molecule has 1 aliphatic rings. The fraction of sp³-hybridized carbons (Fsp3) is 0.375. The normalized spacial score (nSPS) is 17.4. The van der Waals surface area contributed by atoms with Gasteiger partial charge in [-0.3, -0.25) is 4.90 Å². The number of fused-ring (bicyclic) bond motifs is 1. The zero-order chi connectivity index (χ0) is 13.1. The number of hydrogen-bond donors (Lipinski definition) is 1. The lowest BCUT2D eigenvalue weighted by molar-refractivity contribution is 0.243. The Morgan fingerprint density at radius 1 is 1.32 bits per heavy atom. The highest BCUT2D eigenvalue weighted by Crippen LogP contribution is 2.25. The summed E-state index contributed by atoms with van der Waals surface area (Å²) in [5, 5.41) is 7.13. The average Bonchev–Trinajstić information content (AvgIpc) is 2.89. The summed E-state index contributed by atoms with van der Waals surface area (Å²) in [5.74, 6) is 2.73. The van der Waals surface area contributed by atoms with Crippen molar-refractivity contribution in [2.45, 2.75) is 18.9 Å². The maximum atomic E-state index is 5.35. The maximum Gasteiger partial charge on any atom is 0.0598 e. The number of thiophene rings is 1. The Morgan fingerprint density at radius 2 is 2.16 bits per heavy atom. The van der Waals surface area contributed by atoms with Gasteiger partial charge in [-0.1, -0.05) is 5.92 Å². The number of benzene rings is 1. The van der Waals surface area contributed by atoms with Crippen molar-refractivity contribution in [1.29, 1.82) is 0 Å². The largest absolute Gasteiger partial charge is 0.382 e. The molecule has 0 spiro atoms. The fourth-order valence-electron chi connectivity index (χ4n) is 2.66. The Hall–Kier alpha value is -1.50. The third kappa shape index (κ3) is 2.91. The Morgan fingerprint density at radius 3 is 2.95 bits per heavy atom. The number of hydrogen-bond acceptors (Lipinski definition) is 3. The minimum absolute atomic E-state index is 0.574. The molecule has 0 amide bonds. The lowest BCUT2D eigenvalue weighted by Gasteiger charge is -2.31. The number of anilines is 1. The molecule has 1 fully saturated rings. The quantitative estimate of drug-likeness (QED) is 0.860. The number of piperidine rings is 1. The number of terminal acetylenes is 1. The van der Waals surface area contributed by atoms with Crippen LogP contribution in [0.2, 0.25) is 0 Å². The van der Waals surface area contributed by atoms with Crippen molar-refractivity contribution in [2.75, 3.05) is 25.0 Å². The van der Waals surface area contributed by atoms with Gasteiger partial charge in [0, 0.05) is 29.5 Å². The van der Waals surface area contributed by atoms with Crippen LogP contribution < -0.4 is 5.32 Å². The zero-order valence-corrected chi connectivity index (χ0v) is 11.7. The number of nitrogens with zero attached hydrogens (tertiary/aromatic N) is 1. The van der Waals surface area contributed by atoms with E-state index in [9.17, 15) is 0 Å². The molecule has 3 heteroatoms. The number of rotatable bonds is 3. The van der Waals surface area contributed by atoms with E-state index in [1.165, 1.54) is 28.6 Å². The van der Waals surface area contributed by atoms with Gasteiger partial charge < -0.3 is 5.32 Å². The summed E-state index contributed by atoms with van der Waals surface area (Å²) in [6.07, 6.45) is 7.69. The van der Waals surface area contributed by atoms with Gasteiger partial charge in [-0.2, -0.15) is 0 Å². The first-order chi connectivity index (χ1) is 9.35. The molecule has 1 aliphatic heterocycles. The van der Waals surface area contributed by atoms with Crippen LogP contribution in [0.4, 0.5) is 5.69 Å². The van der Waals surface area contributed by atoms with Gasteiger partial charge in [0.05, 0.1) is 6.54 Å². The first-order valence-corrected chi connectivity index (χ1v) is 7.63. The second kappa shape index (κ2) is 5.64. The lowest BCUT2D eigenvalue weighted by Crippen LogP contribution is -2.39. The SMILES string of the molecule is C#CCN1CCC(Nc2ccc3sccc3c2)CC1. The predicted octanol–water partition coefficient (Wildman–Crippen LogP) is 3.41. The molecular weight excluding hydrogens is 252 g/mol. The molecule has 0 bridgehead atoms. The molecule has 1 aromatic heterocycles. The van der Waals surface area contributed by atoms with Crippen LogP contribution in [0.15, 0.2) is 29.6 Å². The first-order valence-electron chi connectivity index (χ1n) is 6.75. The molecule has 1 N–H and O–H groups in total. The van der Waals surface area contributed by atoms with Crippen LogP contribution in [0.5, 0.6) is 0 Å². The molecule has 3 rings (SSSR count). The van der Waals surface area contributed by atoms with E-state index < -0.39 is 0 Å². The van der Waals surface area contributed by atoms with Gasteiger partial charge in [-0.05, 0) is 47.9 Å². The molecule has 0 aliphatic carbocycles. The Bertz CT molecular complexity index is 588. The van der Waals surface area contributed by atoms with Crippen LogP contribution in [0, 0.1) is 12.3 Å². The molecule has 19 heavy (non-hydrogen) atoms. The third-order valence-corrected chi connectivity index (χ3v) is 4.62. The molecule has 2 aromatic rings. The highest BCUT2D eigenvalue weighted by atomic mass is 32.1. The van der Waals surface area contributed by atoms with Crippen LogP contribution >= 0.6 is 11.3 Å². The number of nitrogens with one attached hydrogen (secondary N) is 1. The minimum atomic E-state index is 0.574. The van der Waals surface area contributed by atoms with E-state index in [-0.39, 0.29) is 0 Å². The molecule has 0 radical (unpaired) electrons. The second-order valence-corrected chi connectivity index (χ2v) is 6.02. The molecule has 0 atom stereocenters. The van der Waals surface area contributed by atoms with Crippen molar-refractivity contribution >= 4 is 27.1 Å². The van der Waals surface area contributed by atoms with Gasteiger partial charge in [-0.25, -0.2) is 0 Å². The summed E-state index contributed by atoms with van der Waals surface area (Å²) >= 11 is 1.79. The van der Waals surface area contributed by atoms with Gasteiger partial charge in [0.1, 0.15) is 0 Å². The summed E-state index contributed by atoms with van der Waals surface area (Å²) in [7, 11) is 0. The van der Waals surface area contributed by atoms with Crippen molar-refractivity contribution in [2.24, 2.45) is 0 Å². The second-order valence-electron chi connectivity index (χ2n) is 5.07. The smallest absolute Gasteiger partial charge is 0.0598 e. The van der Waals surface area contributed by atoms with Crippen molar-refractivity contribution in [3.8, 4) is 12.3 Å². The van der Waals surface area contributed by atoms with E-state index >= 15 is 0 Å². The van der Waals surface area contributed by atoms with E-state index in [0.717, 1.165) is 19.6 Å². The number of likely N-dealkylation sites (tertiary alicyclic amines) is 1. The summed E-state index contributed by atoms with van der Waals surface area (Å²) in [6.45, 7) is 2.98. The molecule has 0 unspecified atom stereocenters. The van der Waals surface area contributed by atoms with E-state index in [1.54, 1.807) is 11.3 Å². The molecule has 0 saturated carbocycles. The van der Waals surface area contributed by atoms with Gasteiger partial charge in [0.25, 0.3) is 0 Å². The highest BCUT2D eigenvalue weighted by Gasteiger charge is 2.18. The topological polar surface area (TPSA) is 15.3 Å². The molecule has 98 valence electrons. The van der Waals surface area contributed by atoms with E-state index in [2.05, 4.69) is 45.8 Å². The van der Waals surface area contributed by atoms with Gasteiger partial charge in [-0.15, -0.1) is 17.8 Å². The van der Waals surface area contributed by atoms with Crippen molar-refractivity contribution in [1.82, 2.24) is 4.90 Å². The molecular formula is C16H18N2S. The van der Waals surface area contributed by atoms with Crippen LogP contribution in [-0.4, -0.2) is 30.6 Å². The van der Waals surface area contributed by atoms with Crippen LogP contribution in [0.3, 0.4) is 0 Å². The summed E-state index contributed by atoms with van der Waals surface area (Å²) in [6, 6.07) is 9.40. The maximum absolute atomic E-state index is 5.35. The Labute approximate surface area is 118 Å². The summed E-state index contributed by atoms with van der Waals surface area (Å²) in [4.78, 5) is 2.35. The van der Waals surface area contributed by atoms with Crippen LogP contribution in [-0.2, 0) is 0 Å². The van der Waals surface area contributed by atoms with Gasteiger partial charge >= 0.3 is 0 Å². The third-order valence-electron chi connectivity index (χ3n) is 3.73. The molecule has 1 aromatic carbocycles.